The van der Waals surface area contributed by atoms with Crippen molar-refractivity contribution in [2.24, 2.45) is 11.3 Å². The Labute approximate surface area is 87.1 Å². The summed E-state index contributed by atoms with van der Waals surface area (Å²) in [5.41, 5.74) is 0.0300. The topological polar surface area (TPSA) is 32.7 Å². The van der Waals surface area contributed by atoms with Gasteiger partial charge >= 0.3 is 0 Å². The normalized spacial score (nSPS) is 22.1. The van der Waals surface area contributed by atoms with Crippen LogP contribution in [0, 0.1) is 11.3 Å². The van der Waals surface area contributed by atoms with Gasteiger partial charge in [-0.3, -0.25) is 0 Å². The van der Waals surface area contributed by atoms with Crippen LogP contribution in [0.1, 0.15) is 20.3 Å². The number of nitrogens with zero attached hydrogens (tertiary/aromatic N) is 1. The van der Waals surface area contributed by atoms with Gasteiger partial charge in [-0.2, -0.15) is 0 Å². The summed E-state index contributed by atoms with van der Waals surface area (Å²) >= 11 is 0. The summed E-state index contributed by atoms with van der Waals surface area (Å²) in [6.07, 6.45) is 1.22. The first kappa shape index (κ1) is 12.0. The zero-order valence-electron chi connectivity index (χ0n) is 9.62. The molecular formula is C11H23NO2. The largest absolute Gasteiger partial charge is 0.396 e. The first-order valence-corrected chi connectivity index (χ1v) is 5.49. The third-order valence-electron chi connectivity index (χ3n) is 3.08. The Morgan fingerprint density at radius 1 is 1.50 bits per heavy atom. The summed E-state index contributed by atoms with van der Waals surface area (Å²) in [6, 6.07) is 0. The van der Waals surface area contributed by atoms with Crippen molar-refractivity contribution in [3.63, 3.8) is 0 Å². The third-order valence-corrected chi connectivity index (χ3v) is 3.08. The molecule has 0 spiro atoms. The average molecular weight is 201 g/mol. The van der Waals surface area contributed by atoms with Gasteiger partial charge in [0.15, 0.2) is 0 Å². The van der Waals surface area contributed by atoms with Crippen LogP contribution in [0.15, 0.2) is 0 Å². The Morgan fingerprint density at radius 2 is 2.14 bits per heavy atom. The Bertz CT molecular complexity index is 163. The molecule has 1 aliphatic heterocycles. The maximum Gasteiger partial charge on any atom is 0.0579 e. The van der Waals surface area contributed by atoms with Gasteiger partial charge in [0, 0.05) is 13.1 Å². The molecule has 0 bridgehead atoms. The minimum Gasteiger partial charge on any atom is -0.396 e. The summed E-state index contributed by atoms with van der Waals surface area (Å²) in [6.45, 7) is 8.22. The zero-order valence-corrected chi connectivity index (χ0v) is 9.62. The minimum absolute atomic E-state index is 0.0300. The highest BCUT2D eigenvalue weighted by atomic mass is 16.5. The van der Waals surface area contributed by atoms with Crippen molar-refractivity contribution in [1.29, 1.82) is 0 Å². The molecule has 0 aromatic heterocycles. The van der Waals surface area contributed by atoms with Gasteiger partial charge in [0.2, 0.25) is 0 Å². The highest BCUT2D eigenvalue weighted by molar-refractivity contribution is 4.87. The Kier molecular flexibility index (Phi) is 4.35. The van der Waals surface area contributed by atoms with Gasteiger partial charge in [-0.15, -0.1) is 0 Å². The highest BCUT2D eigenvalue weighted by Gasteiger charge is 2.38. The number of rotatable bonds is 6. The van der Waals surface area contributed by atoms with Gasteiger partial charge in [0.05, 0.1) is 25.2 Å². The molecule has 1 N–H and O–H groups in total. The second-order valence-corrected chi connectivity index (χ2v) is 4.86. The fourth-order valence-corrected chi connectivity index (χ4v) is 1.92. The molecule has 1 aliphatic rings. The zero-order chi connectivity index (χ0) is 10.6. The maximum absolute atomic E-state index is 9.27. The lowest BCUT2D eigenvalue weighted by molar-refractivity contribution is -0.147. The molecule has 1 saturated heterocycles. The Balaban J connectivity index is 2.28. The van der Waals surface area contributed by atoms with E-state index in [2.05, 4.69) is 25.8 Å². The third kappa shape index (κ3) is 2.94. The van der Waals surface area contributed by atoms with Crippen molar-refractivity contribution in [2.45, 2.75) is 20.3 Å². The predicted molar refractivity (Wildman–Crippen MR) is 57.3 cm³/mol. The molecule has 1 rings (SSSR count). The molecule has 0 aliphatic carbocycles. The lowest BCUT2D eigenvalue weighted by atomic mass is 9.86. The average Bonchev–Trinajstić information content (AvgIpc) is 2.11. The summed E-state index contributed by atoms with van der Waals surface area (Å²) < 4.78 is 5.17. The smallest absolute Gasteiger partial charge is 0.0579 e. The van der Waals surface area contributed by atoms with Gasteiger partial charge < -0.3 is 14.7 Å². The van der Waals surface area contributed by atoms with Crippen LogP contribution < -0.4 is 0 Å². The SMILES string of the molecule is CCC(C)CN(C)CC1(CO)COC1. The fraction of sp³-hybridized carbons (Fsp3) is 1.00. The van der Waals surface area contributed by atoms with E-state index < -0.39 is 0 Å². The van der Waals surface area contributed by atoms with E-state index >= 15 is 0 Å². The first-order valence-electron chi connectivity index (χ1n) is 5.49. The van der Waals surface area contributed by atoms with Crippen LogP contribution in [-0.2, 0) is 4.74 Å². The van der Waals surface area contributed by atoms with Gasteiger partial charge in [-0.1, -0.05) is 20.3 Å². The van der Waals surface area contributed by atoms with E-state index in [0.717, 1.165) is 19.0 Å². The summed E-state index contributed by atoms with van der Waals surface area (Å²) in [5, 5.41) is 9.27. The molecule has 14 heavy (non-hydrogen) atoms. The van der Waals surface area contributed by atoms with E-state index in [9.17, 15) is 5.11 Å². The number of hydrogen-bond acceptors (Lipinski definition) is 3. The summed E-state index contributed by atoms with van der Waals surface area (Å²) in [4.78, 5) is 2.31. The molecule has 0 aromatic rings. The lowest BCUT2D eigenvalue weighted by Gasteiger charge is -2.42. The van der Waals surface area contributed by atoms with E-state index in [1.807, 2.05) is 0 Å². The molecule has 0 amide bonds. The van der Waals surface area contributed by atoms with Gasteiger partial charge in [-0.25, -0.2) is 0 Å². The summed E-state index contributed by atoms with van der Waals surface area (Å²) in [7, 11) is 2.13. The van der Waals surface area contributed by atoms with Crippen LogP contribution in [0.2, 0.25) is 0 Å². The number of aliphatic hydroxyl groups is 1. The molecular weight excluding hydrogens is 178 g/mol. The van der Waals surface area contributed by atoms with Crippen LogP contribution in [-0.4, -0.2) is 50.0 Å². The molecule has 0 aromatic carbocycles. The maximum atomic E-state index is 9.27. The summed E-state index contributed by atoms with van der Waals surface area (Å²) in [5.74, 6) is 0.733. The Hall–Kier alpha value is -0.120. The molecule has 0 radical (unpaired) electrons. The fourth-order valence-electron chi connectivity index (χ4n) is 1.92. The van der Waals surface area contributed by atoms with E-state index in [1.54, 1.807) is 0 Å². The molecule has 84 valence electrons. The number of ether oxygens (including phenoxy) is 1. The van der Waals surface area contributed by atoms with E-state index in [0.29, 0.717) is 13.2 Å². The second-order valence-electron chi connectivity index (χ2n) is 4.86. The van der Waals surface area contributed by atoms with Crippen molar-refractivity contribution < 1.29 is 9.84 Å². The number of hydrogen-bond donors (Lipinski definition) is 1. The van der Waals surface area contributed by atoms with Crippen molar-refractivity contribution >= 4 is 0 Å². The number of aliphatic hydroxyl groups excluding tert-OH is 1. The van der Waals surface area contributed by atoms with Gasteiger partial charge in [0.1, 0.15) is 0 Å². The van der Waals surface area contributed by atoms with Gasteiger partial charge in [0.25, 0.3) is 0 Å². The molecule has 3 heteroatoms. The van der Waals surface area contributed by atoms with Gasteiger partial charge in [-0.05, 0) is 13.0 Å². The Morgan fingerprint density at radius 3 is 2.50 bits per heavy atom. The molecule has 3 nitrogen and oxygen atoms in total. The molecule has 1 atom stereocenters. The first-order chi connectivity index (χ1) is 6.62. The van der Waals surface area contributed by atoms with Crippen molar-refractivity contribution in [2.75, 3.05) is 40.0 Å². The van der Waals surface area contributed by atoms with Crippen molar-refractivity contribution in [1.82, 2.24) is 4.90 Å². The molecule has 1 unspecified atom stereocenters. The van der Waals surface area contributed by atoms with Crippen molar-refractivity contribution in [3.8, 4) is 0 Å². The van der Waals surface area contributed by atoms with E-state index in [-0.39, 0.29) is 12.0 Å². The minimum atomic E-state index is 0.0300. The van der Waals surface area contributed by atoms with Crippen LogP contribution >= 0.6 is 0 Å². The van der Waals surface area contributed by atoms with Crippen molar-refractivity contribution in [3.05, 3.63) is 0 Å². The highest BCUT2D eigenvalue weighted by Crippen LogP contribution is 2.27. The predicted octanol–water partition coefficient (Wildman–Crippen LogP) is 0.973. The molecule has 1 heterocycles. The van der Waals surface area contributed by atoms with Crippen LogP contribution in [0.3, 0.4) is 0 Å². The van der Waals surface area contributed by atoms with Crippen LogP contribution in [0.4, 0.5) is 0 Å². The second kappa shape index (κ2) is 5.10. The van der Waals surface area contributed by atoms with E-state index in [4.69, 9.17) is 4.74 Å². The van der Waals surface area contributed by atoms with E-state index in [1.165, 1.54) is 6.42 Å². The monoisotopic (exact) mass is 201 g/mol. The van der Waals surface area contributed by atoms with Crippen LogP contribution in [0.25, 0.3) is 0 Å². The molecule has 0 saturated carbocycles. The van der Waals surface area contributed by atoms with Crippen LogP contribution in [0.5, 0.6) is 0 Å². The lowest BCUT2D eigenvalue weighted by Crippen LogP contribution is -2.53. The molecule has 1 fully saturated rings. The standard InChI is InChI=1S/C11H23NO2/c1-4-10(2)5-12(3)6-11(7-13)8-14-9-11/h10,13H,4-9H2,1-3H3. The quantitative estimate of drug-likeness (QED) is 0.695.